The molecule has 0 radical (unpaired) electrons. The number of hydrogen-bond donors (Lipinski definition) is 0. The molecule has 0 unspecified atom stereocenters. The first-order valence-corrected chi connectivity index (χ1v) is 5.68. The number of rotatable bonds is 5. The molecule has 1 atom stereocenters. The van der Waals surface area contributed by atoms with Crippen LogP contribution < -0.4 is 0 Å². The number of hydrogen-bond acceptors (Lipinski definition) is 1. The van der Waals surface area contributed by atoms with Gasteiger partial charge in [-0.2, -0.15) is 13.2 Å². The van der Waals surface area contributed by atoms with Gasteiger partial charge < -0.3 is 0 Å². The van der Waals surface area contributed by atoms with Gasteiger partial charge in [-0.05, 0) is 25.0 Å². The summed E-state index contributed by atoms with van der Waals surface area (Å²) in [5, 5.41) is 0. The molecule has 1 rings (SSSR count). The lowest BCUT2D eigenvalue weighted by atomic mass is 9.94. The van der Waals surface area contributed by atoms with Gasteiger partial charge in [-0.1, -0.05) is 25.1 Å². The van der Waals surface area contributed by atoms with Crippen molar-refractivity contribution >= 4 is 5.78 Å². The number of alkyl halides is 3. The molecule has 18 heavy (non-hydrogen) atoms. The molecule has 0 saturated carbocycles. The first kappa shape index (κ1) is 14.5. The van der Waals surface area contributed by atoms with Crippen LogP contribution in [0, 0.1) is 5.92 Å². The number of carbonyl (C=O) groups excluding carboxylic acids is 1. The summed E-state index contributed by atoms with van der Waals surface area (Å²) in [5.41, 5.74) is -0.419. The van der Waals surface area contributed by atoms with E-state index in [2.05, 4.69) is 6.58 Å². The second-order valence-corrected chi connectivity index (χ2v) is 4.21. The lowest BCUT2D eigenvalue weighted by molar-refractivity contribution is -0.137. The second kappa shape index (κ2) is 5.85. The highest BCUT2D eigenvalue weighted by Gasteiger charge is 2.30. The zero-order valence-corrected chi connectivity index (χ0v) is 10.1. The molecular weight excluding hydrogens is 241 g/mol. The fraction of sp³-hybridized carbons (Fsp3) is 0.357. The highest BCUT2D eigenvalue weighted by Crippen LogP contribution is 2.29. The monoisotopic (exact) mass is 256 g/mol. The Morgan fingerprint density at radius 3 is 2.33 bits per heavy atom. The molecule has 0 aliphatic heterocycles. The van der Waals surface area contributed by atoms with Crippen LogP contribution in [0.25, 0.3) is 0 Å². The molecule has 0 aliphatic carbocycles. The summed E-state index contributed by atoms with van der Waals surface area (Å²) in [7, 11) is 0. The number of benzene rings is 1. The van der Waals surface area contributed by atoms with Gasteiger partial charge in [0.05, 0.1) is 5.56 Å². The molecule has 0 aromatic heterocycles. The van der Waals surface area contributed by atoms with E-state index >= 15 is 0 Å². The third-order valence-electron chi connectivity index (χ3n) is 2.75. The molecule has 0 heterocycles. The van der Waals surface area contributed by atoms with E-state index in [1.54, 1.807) is 13.0 Å². The fourth-order valence-corrected chi connectivity index (χ4v) is 1.61. The van der Waals surface area contributed by atoms with Gasteiger partial charge in [-0.15, -0.1) is 6.58 Å². The zero-order valence-electron chi connectivity index (χ0n) is 10.1. The van der Waals surface area contributed by atoms with Gasteiger partial charge in [0.15, 0.2) is 5.78 Å². The lowest BCUT2D eigenvalue weighted by Gasteiger charge is -2.10. The Balaban J connectivity index is 2.79. The van der Waals surface area contributed by atoms with Crippen LogP contribution in [0.4, 0.5) is 13.2 Å². The minimum Gasteiger partial charge on any atom is -0.294 e. The summed E-state index contributed by atoms with van der Waals surface area (Å²) >= 11 is 0. The van der Waals surface area contributed by atoms with E-state index in [1.165, 1.54) is 12.1 Å². The van der Waals surface area contributed by atoms with Crippen LogP contribution in [0.5, 0.6) is 0 Å². The number of halogens is 3. The number of carbonyl (C=O) groups is 1. The molecule has 0 aliphatic rings. The zero-order chi connectivity index (χ0) is 13.8. The Morgan fingerprint density at radius 2 is 1.89 bits per heavy atom. The van der Waals surface area contributed by atoms with Gasteiger partial charge in [0.2, 0.25) is 0 Å². The smallest absolute Gasteiger partial charge is 0.294 e. The van der Waals surface area contributed by atoms with Gasteiger partial charge in [-0.25, -0.2) is 0 Å². The van der Waals surface area contributed by atoms with E-state index in [1.807, 2.05) is 0 Å². The molecule has 0 bridgehead atoms. The third-order valence-corrected chi connectivity index (χ3v) is 2.75. The molecule has 1 aromatic rings. The van der Waals surface area contributed by atoms with Crippen molar-refractivity contribution in [2.24, 2.45) is 5.92 Å². The van der Waals surface area contributed by atoms with E-state index in [0.29, 0.717) is 18.4 Å². The summed E-state index contributed by atoms with van der Waals surface area (Å²) in [5.74, 6) is -0.342. The van der Waals surface area contributed by atoms with Gasteiger partial charge >= 0.3 is 6.18 Å². The van der Waals surface area contributed by atoms with E-state index in [-0.39, 0.29) is 11.7 Å². The SMILES string of the molecule is C=CCC[C@@H](C)C(=O)c1ccc(C(F)(F)F)cc1. The van der Waals surface area contributed by atoms with Crippen LogP contribution in [-0.2, 0) is 6.18 Å². The Bertz CT molecular complexity index is 418. The van der Waals surface area contributed by atoms with Crippen LogP contribution in [0.15, 0.2) is 36.9 Å². The minimum atomic E-state index is -4.37. The Labute approximate surface area is 104 Å². The van der Waals surface area contributed by atoms with E-state index in [4.69, 9.17) is 0 Å². The van der Waals surface area contributed by atoms with Crippen LogP contribution in [0.2, 0.25) is 0 Å². The lowest BCUT2D eigenvalue weighted by Crippen LogP contribution is -2.12. The molecule has 0 N–H and O–H groups in total. The third kappa shape index (κ3) is 3.72. The van der Waals surface area contributed by atoms with Gasteiger partial charge in [0.1, 0.15) is 0 Å². The van der Waals surface area contributed by atoms with Crippen molar-refractivity contribution in [2.75, 3.05) is 0 Å². The summed E-state index contributed by atoms with van der Waals surface area (Å²) < 4.78 is 37.0. The highest BCUT2D eigenvalue weighted by molar-refractivity contribution is 5.97. The van der Waals surface area contributed by atoms with Crippen molar-refractivity contribution in [3.05, 3.63) is 48.0 Å². The van der Waals surface area contributed by atoms with Gasteiger partial charge in [-0.3, -0.25) is 4.79 Å². The van der Waals surface area contributed by atoms with Crippen LogP contribution in [-0.4, -0.2) is 5.78 Å². The quantitative estimate of drug-likeness (QED) is 0.560. The average Bonchev–Trinajstić information content (AvgIpc) is 2.34. The second-order valence-electron chi connectivity index (χ2n) is 4.21. The van der Waals surface area contributed by atoms with Crippen LogP contribution in [0.1, 0.15) is 35.7 Å². The molecule has 98 valence electrons. The topological polar surface area (TPSA) is 17.1 Å². The maximum absolute atomic E-state index is 12.3. The first-order valence-electron chi connectivity index (χ1n) is 5.68. The summed E-state index contributed by atoms with van der Waals surface area (Å²) in [6.45, 7) is 5.33. The maximum atomic E-state index is 12.3. The number of Topliss-reactive ketones (excluding diaryl/α,β-unsaturated/α-hetero) is 1. The van der Waals surface area contributed by atoms with Crippen molar-refractivity contribution < 1.29 is 18.0 Å². The molecule has 0 saturated heterocycles. The molecule has 1 nitrogen and oxygen atoms in total. The van der Waals surface area contributed by atoms with Crippen molar-refractivity contribution in [2.45, 2.75) is 25.9 Å². The van der Waals surface area contributed by atoms with Crippen molar-refractivity contribution in [1.82, 2.24) is 0 Å². The van der Waals surface area contributed by atoms with Crippen molar-refractivity contribution in [3.63, 3.8) is 0 Å². The molecular formula is C14H15F3O. The van der Waals surface area contributed by atoms with Gasteiger partial charge in [0, 0.05) is 11.5 Å². The molecule has 0 amide bonds. The van der Waals surface area contributed by atoms with E-state index < -0.39 is 11.7 Å². The predicted molar refractivity (Wildman–Crippen MR) is 64.4 cm³/mol. The van der Waals surface area contributed by atoms with E-state index in [0.717, 1.165) is 12.1 Å². The minimum absolute atomic E-state index is 0.134. The van der Waals surface area contributed by atoms with Crippen molar-refractivity contribution in [3.8, 4) is 0 Å². The average molecular weight is 256 g/mol. The Morgan fingerprint density at radius 1 is 1.33 bits per heavy atom. The van der Waals surface area contributed by atoms with Crippen molar-refractivity contribution in [1.29, 1.82) is 0 Å². The summed E-state index contributed by atoms with van der Waals surface area (Å²) in [4.78, 5) is 11.9. The predicted octanol–water partition coefficient (Wildman–Crippen LogP) is 4.49. The first-order chi connectivity index (χ1) is 8.36. The Kier molecular flexibility index (Phi) is 4.70. The molecule has 1 aromatic carbocycles. The number of allylic oxidation sites excluding steroid dienone is 1. The maximum Gasteiger partial charge on any atom is 0.416 e. The summed E-state index contributed by atoms with van der Waals surface area (Å²) in [6.07, 6.45) is -1.27. The fourth-order valence-electron chi connectivity index (χ4n) is 1.61. The molecule has 4 heteroatoms. The standard InChI is InChI=1S/C14H15F3O/c1-3-4-5-10(2)13(18)11-6-8-12(9-7-11)14(15,16)17/h3,6-10H,1,4-5H2,2H3/t10-/m1/s1. The Hall–Kier alpha value is -1.58. The molecule has 0 fully saturated rings. The van der Waals surface area contributed by atoms with Gasteiger partial charge in [0.25, 0.3) is 0 Å². The summed E-state index contributed by atoms with van der Waals surface area (Å²) in [6, 6.07) is 4.34. The number of ketones is 1. The normalized spacial score (nSPS) is 13.1. The van der Waals surface area contributed by atoms with Crippen LogP contribution >= 0.6 is 0 Å². The largest absolute Gasteiger partial charge is 0.416 e. The van der Waals surface area contributed by atoms with Crippen LogP contribution in [0.3, 0.4) is 0 Å². The molecule has 0 spiro atoms. The highest BCUT2D eigenvalue weighted by atomic mass is 19.4. The van der Waals surface area contributed by atoms with E-state index in [9.17, 15) is 18.0 Å².